The number of nitrogen functional groups attached to an aromatic ring is 1. The second-order valence-corrected chi connectivity index (χ2v) is 5.77. The number of aromatic nitrogens is 1. The van der Waals surface area contributed by atoms with Crippen molar-refractivity contribution in [2.45, 2.75) is 25.5 Å². The van der Waals surface area contributed by atoms with Crippen LogP contribution < -0.4 is 10.5 Å². The maximum absolute atomic E-state index is 11.5. The molecule has 0 spiro atoms. The first-order valence-corrected chi connectivity index (χ1v) is 7.99. The molecule has 130 valence electrons. The van der Waals surface area contributed by atoms with Gasteiger partial charge in [-0.25, -0.2) is 4.79 Å². The predicted molar refractivity (Wildman–Crippen MR) is 90.4 cm³/mol. The zero-order valence-electron chi connectivity index (χ0n) is 13.9. The van der Waals surface area contributed by atoms with Gasteiger partial charge in [0.1, 0.15) is 17.5 Å². The number of esters is 1. The summed E-state index contributed by atoms with van der Waals surface area (Å²) in [6.45, 7) is 1.24. The van der Waals surface area contributed by atoms with E-state index in [2.05, 4.69) is 10.8 Å². The molecule has 0 saturated carbocycles. The average Bonchev–Trinajstić information content (AvgIpc) is 3.25. The van der Waals surface area contributed by atoms with Gasteiger partial charge in [0.15, 0.2) is 0 Å². The van der Waals surface area contributed by atoms with E-state index in [4.69, 9.17) is 15.2 Å². The van der Waals surface area contributed by atoms with Crippen LogP contribution in [0.25, 0.3) is 0 Å². The zero-order chi connectivity index (χ0) is 17.8. The molecule has 0 radical (unpaired) electrons. The van der Waals surface area contributed by atoms with Crippen LogP contribution in [0.1, 0.15) is 28.9 Å². The molecule has 3 rings (SSSR count). The smallest absolute Gasteiger partial charge is 0.337 e. The summed E-state index contributed by atoms with van der Waals surface area (Å²) in [6, 6.07) is 10.2. The van der Waals surface area contributed by atoms with Gasteiger partial charge in [-0.3, -0.25) is 4.57 Å². The Hall–Kier alpha value is -2.98. The van der Waals surface area contributed by atoms with E-state index in [-0.39, 0.29) is 6.10 Å². The standard InChI is InChI=1S/C18H19N3O4/c1-23-18(22)12-4-6-14(7-5-12)25-17-16(20)9-13(10-19)21(17)11-15-3-2-8-24-15/h4-7,9,15H,2-3,8,11,20H2,1H3/t15-/m0/s1. The lowest BCUT2D eigenvalue weighted by Crippen LogP contribution is -2.16. The number of nitriles is 1. The van der Waals surface area contributed by atoms with E-state index in [0.29, 0.717) is 35.1 Å². The minimum Gasteiger partial charge on any atom is -0.465 e. The van der Waals surface area contributed by atoms with E-state index in [1.165, 1.54) is 7.11 Å². The van der Waals surface area contributed by atoms with Crippen molar-refractivity contribution in [2.75, 3.05) is 19.5 Å². The van der Waals surface area contributed by atoms with Gasteiger partial charge in [-0.05, 0) is 37.1 Å². The fraction of sp³-hybridized carbons (Fsp3) is 0.333. The zero-order valence-corrected chi connectivity index (χ0v) is 13.9. The van der Waals surface area contributed by atoms with E-state index >= 15 is 0 Å². The third-order valence-electron chi connectivity index (χ3n) is 4.09. The second kappa shape index (κ2) is 7.28. The highest BCUT2D eigenvalue weighted by atomic mass is 16.5. The molecule has 0 amide bonds. The molecule has 2 heterocycles. The number of hydrogen-bond acceptors (Lipinski definition) is 6. The highest BCUT2D eigenvalue weighted by molar-refractivity contribution is 5.89. The molecule has 2 aromatic rings. The van der Waals surface area contributed by atoms with Crippen molar-refractivity contribution < 1.29 is 19.0 Å². The molecular weight excluding hydrogens is 322 g/mol. The van der Waals surface area contributed by atoms with Crippen LogP contribution >= 0.6 is 0 Å². The van der Waals surface area contributed by atoms with Crippen molar-refractivity contribution in [3.8, 4) is 17.7 Å². The van der Waals surface area contributed by atoms with Crippen LogP contribution in [0.4, 0.5) is 5.69 Å². The quantitative estimate of drug-likeness (QED) is 0.839. The van der Waals surface area contributed by atoms with Crippen molar-refractivity contribution in [3.05, 3.63) is 41.6 Å². The molecule has 1 aromatic heterocycles. The van der Waals surface area contributed by atoms with E-state index < -0.39 is 5.97 Å². The van der Waals surface area contributed by atoms with Gasteiger partial charge in [0.25, 0.3) is 0 Å². The number of carbonyl (C=O) groups is 1. The number of anilines is 1. The number of rotatable bonds is 5. The first-order chi connectivity index (χ1) is 12.1. The summed E-state index contributed by atoms with van der Waals surface area (Å²) >= 11 is 0. The summed E-state index contributed by atoms with van der Waals surface area (Å²) in [6.07, 6.45) is 1.99. The predicted octanol–water partition coefficient (Wildman–Crippen LogP) is 2.70. The fourth-order valence-electron chi connectivity index (χ4n) is 2.82. The molecule has 0 aliphatic carbocycles. The summed E-state index contributed by atoms with van der Waals surface area (Å²) in [7, 11) is 1.33. The van der Waals surface area contributed by atoms with E-state index in [1.54, 1.807) is 34.9 Å². The fourth-order valence-corrected chi connectivity index (χ4v) is 2.82. The Bertz CT molecular complexity index is 799. The van der Waals surface area contributed by atoms with Crippen LogP contribution in [0.15, 0.2) is 30.3 Å². The molecular formula is C18H19N3O4. The summed E-state index contributed by atoms with van der Waals surface area (Å²) in [5, 5.41) is 9.35. The van der Waals surface area contributed by atoms with Gasteiger partial charge < -0.3 is 19.9 Å². The third kappa shape index (κ3) is 3.59. The largest absolute Gasteiger partial charge is 0.465 e. The molecule has 1 aliphatic heterocycles. The Labute approximate surface area is 145 Å². The molecule has 1 fully saturated rings. The van der Waals surface area contributed by atoms with Crippen LogP contribution in [0, 0.1) is 11.3 Å². The van der Waals surface area contributed by atoms with Crippen LogP contribution in [0.2, 0.25) is 0 Å². The lowest BCUT2D eigenvalue weighted by atomic mass is 10.2. The Morgan fingerprint density at radius 1 is 1.44 bits per heavy atom. The SMILES string of the molecule is COC(=O)c1ccc(Oc2c(N)cc(C#N)n2C[C@@H]2CCCO2)cc1. The first kappa shape index (κ1) is 16.9. The second-order valence-electron chi connectivity index (χ2n) is 5.77. The number of hydrogen-bond donors (Lipinski definition) is 1. The number of carbonyl (C=O) groups excluding carboxylic acids is 1. The van der Waals surface area contributed by atoms with Crippen molar-refractivity contribution in [1.29, 1.82) is 5.26 Å². The summed E-state index contributed by atoms with van der Waals surface area (Å²) in [4.78, 5) is 11.5. The van der Waals surface area contributed by atoms with E-state index in [0.717, 1.165) is 19.4 Å². The normalized spacial score (nSPS) is 16.4. The van der Waals surface area contributed by atoms with Gasteiger partial charge in [0, 0.05) is 12.7 Å². The van der Waals surface area contributed by atoms with E-state index in [1.807, 2.05) is 0 Å². The number of ether oxygens (including phenoxy) is 3. The highest BCUT2D eigenvalue weighted by Crippen LogP contribution is 2.32. The third-order valence-corrected chi connectivity index (χ3v) is 4.09. The van der Waals surface area contributed by atoms with Gasteiger partial charge in [-0.1, -0.05) is 0 Å². The number of nitrogens with two attached hydrogens (primary N) is 1. The van der Waals surface area contributed by atoms with E-state index in [9.17, 15) is 10.1 Å². The van der Waals surface area contributed by atoms with Crippen LogP contribution in [-0.2, 0) is 16.0 Å². The molecule has 1 aliphatic rings. The average molecular weight is 341 g/mol. The molecule has 25 heavy (non-hydrogen) atoms. The van der Waals surface area contributed by atoms with Crippen molar-refractivity contribution in [2.24, 2.45) is 0 Å². The summed E-state index contributed by atoms with van der Waals surface area (Å²) in [5.41, 5.74) is 7.26. The number of benzene rings is 1. The molecule has 7 heteroatoms. The number of nitrogens with zero attached hydrogens (tertiary/aromatic N) is 2. The van der Waals surface area contributed by atoms with Gasteiger partial charge in [0.2, 0.25) is 5.88 Å². The maximum atomic E-state index is 11.5. The Morgan fingerprint density at radius 2 is 2.20 bits per heavy atom. The molecule has 2 N–H and O–H groups in total. The van der Waals surface area contributed by atoms with Gasteiger partial charge in [0.05, 0.1) is 31.0 Å². The van der Waals surface area contributed by atoms with Crippen LogP contribution in [-0.4, -0.2) is 30.4 Å². The van der Waals surface area contributed by atoms with Gasteiger partial charge in [-0.2, -0.15) is 5.26 Å². The topological polar surface area (TPSA) is 99.5 Å². The summed E-state index contributed by atoms with van der Waals surface area (Å²) < 4.78 is 17.9. The molecule has 0 bridgehead atoms. The lowest BCUT2D eigenvalue weighted by molar-refractivity contribution is 0.0600. The van der Waals surface area contributed by atoms with Gasteiger partial charge >= 0.3 is 5.97 Å². The molecule has 7 nitrogen and oxygen atoms in total. The monoisotopic (exact) mass is 341 g/mol. The highest BCUT2D eigenvalue weighted by Gasteiger charge is 2.22. The van der Waals surface area contributed by atoms with Crippen LogP contribution in [0.3, 0.4) is 0 Å². The minimum absolute atomic E-state index is 0.0444. The molecule has 1 atom stereocenters. The van der Waals surface area contributed by atoms with Gasteiger partial charge in [-0.15, -0.1) is 0 Å². The minimum atomic E-state index is -0.417. The Kier molecular flexibility index (Phi) is 4.91. The Balaban J connectivity index is 1.85. The van der Waals surface area contributed by atoms with Crippen LogP contribution in [0.5, 0.6) is 11.6 Å². The van der Waals surface area contributed by atoms with Crippen molar-refractivity contribution >= 4 is 11.7 Å². The molecule has 1 saturated heterocycles. The Morgan fingerprint density at radius 3 is 2.80 bits per heavy atom. The lowest BCUT2D eigenvalue weighted by Gasteiger charge is -2.16. The first-order valence-electron chi connectivity index (χ1n) is 7.99. The van der Waals surface area contributed by atoms with Crippen molar-refractivity contribution in [3.63, 3.8) is 0 Å². The maximum Gasteiger partial charge on any atom is 0.337 e. The molecule has 1 aromatic carbocycles. The molecule has 0 unspecified atom stereocenters. The summed E-state index contributed by atoms with van der Waals surface area (Å²) in [5.74, 6) is 0.494. The number of methoxy groups -OCH3 is 1. The van der Waals surface area contributed by atoms with Crippen molar-refractivity contribution in [1.82, 2.24) is 4.57 Å².